The average molecular weight is 752 g/mol. The highest BCUT2D eigenvalue weighted by Crippen LogP contribution is 2.68. The summed E-state index contributed by atoms with van der Waals surface area (Å²) in [5.74, 6) is -7.91. The minimum atomic E-state index is -3.44. The molecule has 53 heavy (non-hydrogen) atoms. The van der Waals surface area contributed by atoms with Gasteiger partial charge in [-0.3, -0.25) is 9.48 Å². The molecule has 276 valence electrons. The summed E-state index contributed by atoms with van der Waals surface area (Å²) in [7, 11) is -1.36. The Morgan fingerprint density at radius 2 is 1.85 bits per heavy atom. The van der Waals surface area contributed by atoms with Gasteiger partial charge in [0.2, 0.25) is 5.91 Å². The van der Waals surface area contributed by atoms with E-state index in [1.807, 2.05) is 0 Å². The molecule has 0 saturated heterocycles. The normalized spacial score (nSPS) is 17.8. The summed E-state index contributed by atoms with van der Waals surface area (Å²) in [6.07, 6.45) is -1.76. The Morgan fingerprint density at radius 1 is 1.09 bits per heavy atom. The fourth-order valence-electron chi connectivity index (χ4n) is 7.04. The van der Waals surface area contributed by atoms with Crippen molar-refractivity contribution in [3.05, 3.63) is 100 Å². The quantitative estimate of drug-likeness (QED) is 0.0742. The van der Waals surface area contributed by atoms with Gasteiger partial charge in [-0.25, -0.2) is 27.2 Å². The van der Waals surface area contributed by atoms with E-state index in [4.69, 9.17) is 9.72 Å². The number of alkyl halides is 4. The van der Waals surface area contributed by atoms with Gasteiger partial charge in [0.15, 0.2) is 0 Å². The molecule has 3 atom stereocenters. The zero-order valence-corrected chi connectivity index (χ0v) is 30.0. The van der Waals surface area contributed by atoms with Crippen LogP contribution in [-0.4, -0.2) is 45.1 Å². The third-order valence-electron chi connectivity index (χ3n) is 9.66. The number of aromatic nitrogens is 5. The molecule has 2 aromatic carbocycles. The highest BCUT2D eigenvalue weighted by molar-refractivity contribution is 6.76. The van der Waals surface area contributed by atoms with E-state index in [0.717, 1.165) is 18.2 Å². The molecule has 0 unspecified atom stereocenters. The summed E-state index contributed by atoms with van der Waals surface area (Å²) in [5.41, 5.74) is 0.938. The van der Waals surface area contributed by atoms with Crippen molar-refractivity contribution in [3.63, 3.8) is 0 Å². The maximum atomic E-state index is 15.3. The van der Waals surface area contributed by atoms with E-state index in [1.165, 1.54) is 6.20 Å². The number of rotatable bonds is 13. The van der Waals surface area contributed by atoms with Gasteiger partial charge in [0, 0.05) is 37.8 Å². The molecule has 1 amide bonds. The minimum absolute atomic E-state index is 0.0645. The number of nitrogens with zero attached hydrogens (tertiary/aromatic N) is 6. The van der Waals surface area contributed by atoms with Crippen molar-refractivity contribution >= 4 is 25.0 Å². The van der Waals surface area contributed by atoms with Crippen molar-refractivity contribution in [3.8, 4) is 17.2 Å². The van der Waals surface area contributed by atoms with Crippen LogP contribution >= 0.6 is 0 Å². The number of halogens is 6. The molecule has 5 aromatic rings. The Bertz CT molecular complexity index is 2240. The monoisotopic (exact) mass is 751 g/mol. The molecular weight excluding hydrogens is 717 g/mol. The first-order valence-electron chi connectivity index (χ1n) is 17.1. The number of amides is 1. The zero-order valence-electron chi connectivity index (χ0n) is 29.0. The fourth-order valence-corrected chi connectivity index (χ4v) is 7.80. The van der Waals surface area contributed by atoms with Crippen LogP contribution in [0.2, 0.25) is 25.7 Å². The van der Waals surface area contributed by atoms with Gasteiger partial charge in [0.1, 0.15) is 41.8 Å². The number of nitriles is 1. The molecule has 0 bridgehead atoms. The number of hydrogen-bond donors (Lipinski definition) is 1. The predicted molar refractivity (Wildman–Crippen MR) is 185 cm³/mol. The van der Waals surface area contributed by atoms with Crippen LogP contribution in [0.25, 0.3) is 22.2 Å². The van der Waals surface area contributed by atoms with Gasteiger partial charge >= 0.3 is 0 Å². The number of fused-ring (bicyclic) bond motifs is 4. The second kappa shape index (κ2) is 13.8. The molecular formula is C37H35F6N7O2Si. The summed E-state index contributed by atoms with van der Waals surface area (Å²) >= 11 is 0. The lowest BCUT2D eigenvalue weighted by Gasteiger charge is -2.23. The van der Waals surface area contributed by atoms with Gasteiger partial charge in [-0.2, -0.15) is 24.2 Å². The molecule has 3 heterocycles. The summed E-state index contributed by atoms with van der Waals surface area (Å²) in [6, 6.07) is 13.2. The SMILES string of the molecule is C[Si](C)(C)CCOCn1ncc2nc([C@H](Cc3cc(F)cc(F)c3)NC(=O)Cn3nc(C(F)F)c4c3C(F)(F)[C@@H]3C[C@H]43)c(-c3cccc(C#N)c3)cc21. The Labute approximate surface area is 301 Å². The van der Waals surface area contributed by atoms with Crippen LogP contribution in [0.1, 0.15) is 58.6 Å². The fraction of sp³-hybridized carbons (Fsp3) is 0.378. The Kier molecular flexibility index (Phi) is 9.44. The van der Waals surface area contributed by atoms with Crippen molar-refractivity contribution in [1.82, 2.24) is 29.9 Å². The molecule has 2 aliphatic carbocycles. The Morgan fingerprint density at radius 3 is 2.55 bits per heavy atom. The molecule has 1 fully saturated rings. The molecule has 0 radical (unpaired) electrons. The predicted octanol–water partition coefficient (Wildman–Crippen LogP) is 8.00. The van der Waals surface area contributed by atoms with E-state index in [-0.39, 0.29) is 36.4 Å². The van der Waals surface area contributed by atoms with Crippen molar-refractivity contribution in [2.24, 2.45) is 5.92 Å². The van der Waals surface area contributed by atoms with Gasteiger partial charge in [-0.05, 0) is 66.3 Å². The molecule has 0 aliphatic heterocycles. The third-order valence-corrected chi connectivity index (χ3v) is 11.4. The number of carbonyl (C=O) groups excluding carboxylic acids is 1. The van der Waals surface area contributed by atoms with Crippen molar-refractivity contribution in [2.75, 3.05) is 6.61 Å². The average Bonchev–Trinajstić information content (AvgIpc) is 3.57. The first-order valence-corrected chi connectivity index (χ1v) is 20.8. The number of benzene rings is 2. The van der Waals surface area contributed by atoms with Gasteiger partial charge in [-0.1, -0.05) is 31.8 Å². The highest BCUT2D eigenvalue weighted by atomic mass is 28.3. The molecule has 1 N–H and O–H groups in total. The van der Waals surface area contributed by atoms with Crippen LogP contribution in [-0.2, 0) is 35.2 Å². The molecule has 3 aromatic heterocycles. The smallest absolute Gasteiger partial charge is 0.293 e. The van der Waals surface area contributed by atoms with Crippen LogP contribution in [0.15, 0.2) is 54.7 Å². The topological polar surface area (TPSA) is 111 Å². The summed E-state index contributed by atoms with van der Waals surface area (Å²) in [4.78, 5) is 18.6. The van der Waals surface area contributed by atoms with Gasteiger partial charge in [-0.15, -0.1) is 0 Å². The lowest BCUT2D eigenvalue weighted by molar-refractivity contribution is -0.123. The second-order valence-electron chi connectivity index (χ2n) is 14.8. The van der Waals surface area contributed by atoms with Crippen LogP contribution < -0.4 is 5.32 Å². The maximum absolute atomic E-state index is 15.3. The number of pyridine rings is 1. The van der Waals surface area contributed by atoms with E-state index in [9.17, 15) is 27.6 Å². The van der Waals surface area contributed by atoms with E-state index < -0.39 is 73.8 Å². The lowest BCUT2D eigenvalue weighted by Crippen LogP contribution is -2.35. The molecule has 0 spiro atoms. The molecule has 7 rings (SSSR count). The largest absolute Gasteiger partial charge is 0.360 e. The highest BCUT2D eigenvalue weighted by Gasteiger charge is 2.67. The van der Waals surface area contributed by atoms with E-state index in [1.54, 1.807) is 35.0 Å². The van der Waals surface area contributed by atoms with Crippen molar-refractivity contribution in [2.45, 2.75) is 76.1 Å². The van der Waals surface area contributed by atoms with Gasteiger partial charge < -0.3 is 10.1 Å². The number of ether oxygens (including phenoxy) is 1. The van der Waals surface area contributed by atoms with Crippen LogP contribution in [0.5, 0.6) is 0 Å². The van der Waals surface area contributed by atoms with Crippen molar-refractivity contribution in [1.29, 1.82) is 5.26 Å². The first kappa shape index (κ1) is 36.3. The molecule has 16 heteroatoms. The standard InChI is InChI=1S/C37H35F6N7O2Si/c1-53(2,3)8-7-52-19-50-30-15-25(22-6-4-5-20(9-22)16-44)33(47-29(30)17-45-50)28(12-21-10-23(38)13-24(39)11-21)46-31(51)18-49-35-32(34(48-49)36(40)41)26-14-27(26)37(35,42)43/h4-6,9-11,13,15,17,26-28,36H,7-8,12,14,18-19H2,1-3H3,(H,46,51)/t26-,27+,28-/m0/s1. The number of carbonyl (C=O) groups is 1. The van der Waals surface area contributed by atoms with Gasteiger partial charge in [0.05, 0.1) is 35.1 Å². The molecule has 2 aliphatic rings. The summed E-state index contributed by atoms with van der Waals surface area (Å²) in [6.45, 7) is 6.53. The summed E-state index contributed by atoms with van der Waals surface area (Å²) < 4.78 is 95.5. The first-order chi connectivity index (χ1) is 25.1. The number of hydrogen-bond acceptors (Lipinski definition) is 6. The Balaban J connectivity index is 1.29. The van der Waals surface area contributed by atoms with Crippen LogP contribution in [0.3, 0.4) is 0 Å². The van der Waals surface area contributed by atoms with Gasteiger partial charge in [0.25, 0.3) is 12.3 Å². The number of nitrogens with one attached hydrogen (secondary N) is 1. The molecule has 9 nitrogen and oxygen atoms in total. The Hall–Kier alpha value is -5.01. The lowest BCUT2D eigenvalue weighted by atomic mass is 9.94. The minimum Gasteiger partial charge on any atom is -0.360 e. The third kappa shape index (κ3) is 7.32. The van der Waals surface area contributed by atoms with E-state index in [0.29, 0.717) is 45.1 Å². The van der Waals surface area contributed by atoms with Crippen LogP contribution in [0, 0.1) is 28.9 Å². The maximum Gasteiger partial charge on any atom is 0.293 e. The van der Waals surface area contributed by atoms with Crippen molar-refractivity contribution < 1.29 is 35.9 Å². The van der Waals surface area contributed by atoms with E-state index in [2.05, 4.69) is 41.2 Å². The van der Waals surface area contributed by atoms with E-state index >= 15 is 8.78 Å². The molecule has 1 saturated carbocycles. The second-order valence-corrected chi connectivity index (χ2v) is 20.4. The van der Waals surface area contributed by atoms with Crippen LogP contribution in [0.4, 0.5) is 26.3 Å². The zero-order chi connectivity index (χ0) is 37.8. The summed E-state index contributed by atoms with van der Waals surface area (Å²) in [5, 5.41) is 20.7.